The molecule has 1 heterocycles. The maximum absolute atomic E-state index is 12.3. The summed E-state index contributed by atoms with van der Waals surface area (Å²) in [5.74, 6) is -0.118. The molecule has 2 rings (SSSR count). The summed E-state index contributed by atoms with van der Waals surface area (Å²) in [6.45, 7) is 0.440. The third-order valence-electron chi connectivity index (χ3n) is 2.81. The summed E-state index contributed by atoms with van der Waals surface area (Å²) in [4.78, 5) is 18.0. The molecule has 0 aliphatic carbocycles. The maximum Gasteiger partial charge on any atom is 0.256 e. The molecule has 0 aliphatic rings. The first-order chi connectivity index (χ1) is 9.61. The lowest BCUT2D eigenvalue weighted by molar-refractivity contribution is 0.0783. The first-order valence-corrected chi connectivity index (χ1v) is 6.76. The molecule has 0 aliphatic heterocycles. The Kier molecular flexibility index (Phi) is 4.49. The van der Waals surface area contributed by atoms with Crippen LogP contribution in [0.5, 0.6) is 0 Å². The van der Waals surface area contributed by atoms with Gasteiger partial charge >= 0.3 is 0 Å². The number of hydrogen-bond donors (Lipinski definition) is 0. The highest BCUT2D eigenvalue weighted by Crippen LogP contribution is 2.16. The van der Waals surface area contributed by atoms with Crippen molar-refractivity contribution < 1.29 is 4.79 Å². The average Bonchev–Trinajstić information content (AvgIpc) is 2.47. The van der Waals surface area contributed by atoms with Gasteiger partial charge in [-0.05, 0) is 45.8 Å². The van der Waals surface area contributed by atoms with Gasteiger partial charge in [-0.3, -0.25) is 4.79 Å². The number of hydrogen-bond acceptors (Lipinski definition) is 3. The van der Waals surface area contributed by atoms with Gasteiger partial charge in [-0.25, -0.2) is 4.98 Å². The second-order valence-electron chi connectivity index (χ2n) is 4.32. The molecule has 1 aromatic carbocycles. The van der Waals surface area contributed by atoms with Gasteiger partial charge in [-0.1, -0.05) is 12.1 Å². The van der Waals surface area contributed by atoms with Gasteiger partial charge in [0.05, 0.1) is 17.2 Å². The highest BCUT2D eigenvalue weighted by atomic mass is 79.9. The Morgan fingerprint density at radius 3 is 2.90 bits per heavy atom. The van der Waals surface area contributed by atoms with Crippen molar-refractivity contribution in [2.24, 2.45) is 0 Å². The van der Waals surface area contributed by atoms with Crippen LogP contribution in [0.25, 0.3) is 0 Å². The van der Waals surface area contributed by atoms with Crippen molar-refractivity contribution in [3.63, 3.8) is 0 Å². The third kappa shape index (κ3) is 3.22. The van der Waals surface area contributed by atoms with Crippen molar-refractivity contribution in [3.05, 3.63) is 63.9 Å². The molecule has 0 N–H and O–H groups in total. The molecule has 0 saturated heterocycles. The Bertz CT molecular complexity index is 679. The van der Waals surface area contributed by atoms with E-state index in [9.17, 15) is 4.79 Å². The molecule has 0 atom stereocenters. The van der Waals surface area contributed by atoms with E-state index in [1.165, 1.54) is 0 Å². The van der Waals surface area contributed by atoms with Crippen LogP contribution in [0.3, 0.4) is 0 Å². The fourth-order valence-corrected chi connectivity index (χ4v) is 2.26. The molecule has 5 heteroatoms. The van der Waals surface area contributed by atoms with Crippen LogP contribution in [0.2, 0.25) is 0 Å². The molecule has 0 unspecified atom stereocenters. The number of aromatic nitrogens is 1. The number of halogens is 1. The summed E-state index contributed by atoms with van der Waals surface area (Å²) in [7, 11) is 1.72. The lowest BCUT2D eigenvalue weighted by Crippen LogP contribution is -2.26. The second-order valence-corrected chi connectivity index (χ2v) is 5.07. The predicted octanol–water partition coefficient (Wildman–Crippen LogP) is 2.99. The van der Waals surface area contributed by atoms with Gasteiger partial charge < -0.3 is 4.90 Å². The fourth-order valence-electron chi connectivity index (χ4n) is 1.84. The average molecular weight is 330 g/mol. The van der Waals surface area contributed by atoms with E-state index < -0.39 is 0 Å². The number of pyridine rings is 1. The van der Waals surface area contributed by atoms with Gasteiger partial charge in [-0.15, -0.1) is 0 Å². The van der Waals surface area contributed by atoms with Gasteiger partial charge in [0.2, 0.25) is 0 Å². The van der Waals surface area contributed by atoms with E-state index >= 15 is 0 Å². The molecule has 20 heavy (non-hydrogen) atoms. The molecule has 4 nitrogen and oxygen atoms in total. The SMILES string of the molecule is CN(Cc1cccc(C#N)c1)C(=O)c1cccnc1Br. The standard InChI is InChI=1S/C15H12BrN3O/c1-19(10-12-5-2-4-11(8-12)9-17)15(20)13-6-3-7-18-14(13)16/h2-8H,10H2,1H3. The zero-order valence-corrected chi connectivity index (χ0v) is 12.5. The molecular weight excluding hydrogens is 318 g/mol. The van der Waals surface area contributed by atoms with Gasteiger partial charge in [-0.2, -0.15) is 5.26 Å². The van der Waals surface area contributed by atoms with Crippen molar-refractivity contribution in [2.75, 3.05) is 7.05 Å². The van der Waals surface area contributed by atoms with E-state index in [2.05, 4.69) is 27.0 Å². The van der Waals surface area contributed by atoms with E-state index in [4.69, 9.17) is 5.26 Å². The van der Waals surface area contributed by atoms with Gasteiger partial charge in [0.25, 0.3) is 5.91 Å². The zero-order chi connectivity index (χ0) is 14.5. The van der Waals surface area contributed by atoms with Crippen LogP contribution in [0.1, 0.15) is 21.5 Å². The molecule has 0 radical (unpaired) electrons. The van der Waals surface area contributed by atoms with E-state index in [0.717, 1.165) is 5.56 Å². The first kappa shape index (κ1) is 14.2. The monoisotopic (exact) mass is 329 g/mol. The van der Waals surface area contributed by atoms with E-state index in [1.54, 1.807) is 42.4 Å². The topological polar surface area (TPSA) is 57.0 Å². The van der Waals surface area contributed by atoms with Crippen LogP contribution >= 0.6 is 15.9 Å². The number of rotatable bonds is 3. The third-order valence-corrected chi connectivity index (χ3v) is 3.44. The Balaban J connectivity index is 2.16. The van der Waals surface area contributed by atoms with Crippen molar-refractivity contribution in [1.29, 1.82) is 5.26 Å². The second kappa shape index (κ2) is 6.31. The Morgan fingerprint density at radius 1 is 1.40 bits per heavy atom. The van der Waals surface area contributed by atoms with E-state index in [-0.39, 0.29) is 5.91 Å². The Hall–Kier alpha value is -2.19. The minimum absolute atomic E-state index is 0.118. The largest absolute Gasteiger partial charge is 0.337 e. The fraction of sp³-hybridized carbons (Fsp3) is 0.133. The smallest absolute Gasteiger partial charge is 0.256 e. The first-order valence-electron chi connectivity index (χ1n) is 5.97. The van der Waals surface area contributed by atoms with Crippen LogP contribution in [0.15, 0.2) is 47.2 Å². The number of amides is 1. The van der Waals surface area contributed by atoms with E-state index in [1.807, 2.05) is 12.1 Å². The van der Waals surface area contributed by atoms with Crippen molar-refractivity contribution >= 4 is 21.8 Å². The highest BCUT2D eigenvalue weighted by molar-refractivity contribution is 9.10. The molecule has 0 spiro atoms. The van der Waals surface area contributed by atoms with Gasteiger partial charge in [0.1, 0.15) is 4.60 Å². The minimum atomic E-state index is -0.118. The minimum Gasteiger partial charge on any atom is -0.337 e. The molecular formula is C15H12BrN3O. The Labute approximate surface area is 125 Å². The number of carbonyl (C=O) groups is 1. The lowest BCUT2D eigenvalue weighted by Gasteiger charge is -2.17. The number of nitriles is 1. The number of carbonyl (C=O) groups excluding carboxylic acids is 1. The van der Waals surface area contributed by atoms with Crippen LogP contribution in [-0.2, 0) is 6.54 Å². The summed E-state index contributed by atoms with van der Waals surface area (Å²) in [6.07, 6.45) is 1.62. The highest BCUT2D eigenvalue weighted by Gasteiger charge is 2.15. The molecule has 1 amide bonds. The van der Waals surface area contributed by atoms with Crippen molar-refractivity contribution in [1.82, 2.24) is 9.88 Å². The normalized spacial score (nSPS) is 9.85. The summed E-state index contributed by atoms with van der Waals surface area (Å²) in [5, 5.41) is 8.87. The maximum atomic E-state index is 12.3. The summed E-state index contributed by atoms with van der Waals surface area (Å²) < 4.78 is 0.530. The van der Waals surface area contributed by atoms with Crippen LogP contribution in [0, 0.1) is 11.3 Å². The quantitative estimate of drug-likeness (QED) is 0.813. The lowest BCUT2D eigenvalue weighted by atomic mass is 10.1. The molecule has 0 fully saturated rings. The van der Waals surface area contributed by atoms with Gasteiger partial charge in [0, 0.05) is 19.8 Å². The van der Waals surface area contributed by atoms with Crippen LogP contribution < -0.4 is 0 Å². The summed E-state index contributed by atoms with van der Waals surface area (Å²) in [5.41, 5.74) is 2.03. The Morgan fingerprint density at radius 2 is 2.20 bits per heavy atom. The molecule has 2 aromatic rings. The number of benzene rings is 1. The van der Waals surface area contributed by atoms with Crippen molar-refractivity contribution in [3.8, 4) is 6.07 Å². The summed E-state index contributed by atoms with van der Waals surface area (Å²) >= 11 is 3.27. The molecule has 100 valence electrons. The van der Waals surface area contributed by atoms with Crippen LogP contribution in [0.4, 0.5) is 0 Å². The van der Waals surface area contributed by atoms with Crippen LogP contribution in [-0.4, -0.2) is 22.8 Å². The van der Waals surface area contributed by atoms with Gasteiger partial charge in [0.15, 0.2) is 0 Å². The molecule has 0 saturated carbocycles. The number of nitrogens with zero attached hydrogens (tertiary/aromatic N) is 3. The predicted molar refractivity (Wildman–Crippen MR) is 78.9 cm³/mol. The van der Waals surface area contributed by atoms with Crippen molar-refractivity contribution in [2.45, 2.75) is 6.54 Å². The zero-order valence-electron chi connectivity index (χ0n) is 10.9. The van der Waals surface area contributed by atoms with E-state index in [0.29, 0.717) is 22.3 Å². The molecule has 1 aromatic heterocycles. The summed E-state index contributed by atoms with van der Waals surface area (Å²) in [6, 6.07) is 12.8. The molecule has 0 bridgehead atoms.